The highest BCUT2D eigenvalue weighted by atomic mass is 14.8. The van der Waals surface area contributed by atoms with E-state index < -0.39 is 0 Å². The van der Waals surface area contributed by atoms with Crippen LogP contribution in [0.25, 0.3) is 0 Å². The molecule has 0 saturated carbocycles. The highest BCUT2D eigenvalue weighted by Crippen LogP contribution is 2.15. The summed E-state index contributed by atoms with van der Waals surface area (Å²) < 4.78 is 0. The Labute approximate surface area is 96.1 Å². The minimum Gasteiger partial charge on any atom is -0.365 e. The molecule has 0 bridgehead atoms. The lowest BCUT2D eigenvalue weighted by Crippen LogP contribution is -1.92. The van der Waals surface area contributed by atoms with E-state index in [0.717, 1.165) is 6.42 Å². The fraction of sp³-hybridized carbons (Fsp3) is 0.214. The van der Waals surface area contributed by atoms with E-state index in [1.807, 2.05) is 36.7 Å². The van der Waals surface area contributed by atoms with Crippen LogP contribution in [0.2, 0.25) is 0 Å². The van der Waals surface area contributed by atoms with Crippen LogP contribution in [0, 0.1) is 0 Å². The number of aliphatic imine (C=N–C) groups is 1. The van der Waals surface area contributed by atoms with Crippen molar-refractivity contribution in [2.24, 2.45) is 4.99 Å². The molecule has 0 unspecified atom stereocenters. The smallest absolute Gasteiger partial charge is 0.0717 e. The number of rotatable bonds is 4. The summed E-state index contributed by atoms with van der Waals surface area (Å²) in [5, 5.41) is 0. The van der Waals surface area contributed by atoms with Gasteiger partial charge in [-0.25, -0.2) is 0 Å². The van der Waals surface area contributed by atoms with E-state index in [0.29, 0.717) is 0 Å². The topological polar surface area (TPSA) is 28.1 Å². The number of aromatic nitrogens is 1. The van der Waals surface area contributed by atoms with Crippen molar-refractivity contribution in [2.75, 3.05) is 0 Å². The van der Waals surface area contributed by atoms with Crippen LogP contribution in [-0.4, -0.2) is 11.2 Å². The largest absolute Gasteiger partial charge is 0.365 e. The molecule has 16 heavy (non-hydrogen) atoms. The van der Waals surface area contributed by atoms with Gasteiger partial charge in [0.05, 0.1) is 6.04 Å². The predicted octanol–water partition coefficient (Wildman–Crippen LogP) is 3.39. The average Bonchev–Trinajstić information content (AvgIpc) is 2.83. The Balaban J connectivity index is 1.92. The molecular formula is C14H16N2. The molecule has 1 heterocycles. The monoisotopic (exact) mass is 212 g/mol. The van der Waals surface area contributed by atoms with E-state index in [1.54, 1.807) is 0 Å². The van der Waals surface area contributed by atoms with E-state index in [9.17, 15) is 0 Å². The Hall–Kier alpha value is -1.83. The van der Waals surface area contributed by atoms with Gasteiger partial charge in [-0.2, -0.15) is 0 Å². The summed E-state index contributed by atoms with van der Waals surface area (Å²) >= 11 is 0. The van der Waals surface area contributed by atoms with Gasteiger partial charge in [0, 0.05) is 24.5 Å². The lowest BCUT2D eigenvalue weighted by molar-refractivity contribution is 0.821. The van der Waals surface area contributed by atoms with E-state index in [2.05, 4.69) is 35.1 Å². The van der Waals surface area contributed by atoms with E-state index in [1.165, 1.54) is 11.3 Å². The van der Waals surface area contributed by atoms with Crippen molar-refractivity contribution in [3.8, 4) is 0 Å². The minimum absolute atomic E-state index is 0.233. The first-order chi connectivity index (χ1) is 7.86. The van der Waals surface area contributed by atoms with Crippen LogP contribution in [0.1, 0.15) is 24.2 Å². The maximum atomic E-state index is 4.52. The van der Waals surface area contributed by atoms with Gasteiger partial charge in [0.2, 0.25) is 0 Å². The number of hydrogen-bond acceptors (Lipinski definition) is 1. The Morgan fingerprint density at radius 1 is 1.19 bits per heavy atom. The van der Waals surface area contributed by atoms with Crippen LogP contribution < -0.4 is 0 Å². The maximum absolute atomic E-state index is 4.52. The molecule has 1 aromatic heterocycles. The molecule has 2 nitrogen and oxygen atoms in total. The van der Waals surface area contributed by atoms with Gasteiger partial charge in [-0.1, -0.05) is 30.3 Å². The van der Waals surface area contributed by atoms with Gasteiger partial charge in [-0.3, -0.25) is 4.99 Å². The number of hydrogen-bond donors (Lipinski definition) is 1. The van der Waals surface area contributed by atoms with Gasteiger partial charge in [0.1, 0.15) is 0 Å². The molecule has 0 fully saturated rings. The summed E-state index contributed by atoms with van der Waals surface area (Å²) in [6.45, 7) is 2.11. The molecular weight excluding hydrogens is 196 g/mol. The molecule has 2 heteroatoms. The van der Waals surface area contributed by atoms with Crippen molar-refractivity contribution < 1.29 is 0 Å². The highest BCUT2D eigenvalue weighted by Gasteiger charge is 1.99. The third-order valence-corrected chi connectivity index (χ3v) is 2.58. The number of benzene rings is 1. The fourth-order valence-corrected chi connectivity index (χ4v) is 1.62. The second-order valence-electron chi connectivity index (χ2n) is 3.82. The molecule has 0 aliphatic carbocycles. The van der Waals surface area contributed by atoms with Crippen LogP contribution in [0.15, 0.2) is 53.7 Å². The average molecular weight is 212 g/mol. The summed E-state index contributed by atoms with van der Waals surface area (Å²) in [5.41, 5.74) is 2.45. The number of nitrogens with zero attached hydrogens (tertiary/aromatic N) is 1. The molecule has 2 rings (SSSR count). The molecule has 0 amide bonds. The van der Waals surface area contributed by atoms with E-state index >= 15 is 0 Å². The van der Waals surface area contributed by atoms with Gasteiger partial charge < -0.3 is 4.98 Å². The van der Waals surface area contributed by atoms with Crippen LogP contribution >= 0.6 is 0 Å². The SMILES string of the molecule is C[C@H](N=CCc1ccc[nH]1)c1ccccc1. The third kappa shape index (κ3) is 2.83. The van der Waals surface area contributed by atoms with Crippen LogP contribution in [-0.2, 0) is 6.42 Å². The van der Waals surface area contributed by atoms with Gasteiger partial charge in [0.25, 0.3) is 0 Å². The zero-order valence-electron chi connectivity index (χ0n) is 9.43. The van der Waals surface area contributed by atoms with E-state index in [4.69, 9.17) is 0 Å². The van der Waals surface area contributed by atoms with Crippen molar-refractivity contribution in [1.82, 2.24) is 4.98 Å². The Morgan fingerprint density at radius 3 is 2.69 bits per heavy atom. The normalized spacial score (nSPS) is 13.1. The summed E-state index contributed by atoms with van der Waals surface area (Å²) in [6.07, 6.45) is 4.78. The Bertz CT molecular complexity index is 429. The quantitative estimate of drug-likeness (QED) is 0.752. The summed E-state index contributed by atoms with van der Waals surface area (Å²) in [7, 11) is 0. The molecule has 0 radical (unpaired) electrons. The molecule has 1 N–H and O–H groups in total. The first-order valence-corrected chi connectivity index (χ1v) is 5.55. The molecule has 2 aromatic rings. The second-order valence-corrected chi connectivity index (χ2v) is 3.82. The molecule has 0 aliphatic heterocycles. The highest BCUT2D eigenvalue weighted by molar-refractivity contribution is 5.61. The molecule has 0 spiro atoms. The van der Waals surface area contributed by atoms with Crippen molar-refractivity contribution in [3.05, 3.63) is 59.9 Å². The summed E-state index contributed by atoms with van der Waals surface area (Å²) in [4.78, 5) is 7.68. The zero-order valence-corrected chi connectivity index (χ0v) is 9.43. The molecule has 0 aliphatic rings. The van der Waals surface area contributed by atoms with Crippen molar-refractivity contribution >= 4 is 6.21 Å². The molecule has 1 atom stereocenters. The predicted molar refractivity (Wildman–Crippen MR) is 67.8 cm³/mol. The maximum Gasteiger partial charge on any atom is 0.0717 e. The molecule has 0 saturated heterocycles. The third-order valence-electron chi connectivity index (χ3n) is 2.58. The summed E-state index contributed by atoms with van der Waals surface area (Å²) in [5.74, 6) is 0. The Morgan fingerprint density at radius 2 is 2.00 bits per heavy atom. The van der Waals surface area contributed by atoms with Gasteiger partial charge in [0.15, 0.2) is 0 Å². The Kier molecular flexibility index (Phi) is 3.54. The molecule has 1 aromatic carbocycles. The van der Waals surface area contributed by atoms with E-state index in [-0.39, 0.29) is 6.04 Å². The first-order valence-electron chi connectivity index (χ1n) is 5.55. The fourth-order valence-electron chi connectivity index (χ4n) is 1.62. The number of nitrogens with one attached hydrogen (secondary N) is 1. The van der Waals surface area contributed by atoms with Crippen molar-refractivity contribution in [2.45, 2.75) is 19.4 Å². The number of H-pyrrole nitrogens is 1. The van der Waals surface area contributed by atoms with Gasteiger partial charge >= 0.3 is 0 Å². The van der Waals surface area contributed by atoms with Crippen LogP contribution in [0.4, 0.5) is 0 Å². The molecule has 82 valence electrons. The lowest BCUT2D eigenvalue weighted by atomic mass is 10.1. The van der Waals surface area contributed by atoms with Crippen LogP contribution in [0.5, 0.6) is 0 Å². The van der Waals surface area contributed by atoms with Gasteiger partial charge in [-0.05, 0) is 24.6 Å². The lowest BCUT2D eigenvalue weighted by Gasteiger charge is -2.05. The first kappa shape index (κ1) is 10.7. The second kappa shape index (κ2) is 5.31. The zero-order chi connectivity index (χ0) is 11.2. The van der Waals surface area contributed by atoms with Crippen molar-refractivity contribution in [3.63, 3.8) is 0 Å². The number of aromatic amines is 1. The van der Waals surface area contributed by atoms with Gasteiger partial charge in [-0.15, -0.1) is 0 Å². The van der Waals surface area contributed by atoms with Crippen molar-refractivity contribution in [1.29, 1.82) is 0 Å². The standard InChI is InChI=1S/C14H16N2/c1-12(13-6-3-2-4-7-13)15-11-9-14-8-5-10-16-14/h2-8,10-12,16H,9H2,1H3/t12-/m0/s1. The van der Waals surface area contributed by atoms with Crippen LogP contribution in [0.3, 0.4) is 0 Å². The summed E-state index contributed by atoms with van der Waals surface area (Å²) in [6, 6.07) is 14.6. The minimum atomic E-state index is 0.233.